The molecule has 0 aliphatic rings. The SMILES string of the molecule is CCOc1cc(C=NNC(=O)CNc2cccc3ccccc23)ccc1OC(=O)c1cccs1. The van der Waals surface area contributed by atoms with Gasteiger partial charge in [-0.1, -0.05) is 42.5 Å². The second kappa shape index (κ2) is 11.1. The number of carbonyl (C=O) groups is 2. The molecule has 2 N–H and O–H groups in total. The highest BCUT2D eigenvalue weighted by Crippen LogP contribution is 2.29. The minimum Gasteiger partial charge on any atom is -0.490 e. The number of hydrogen-bond acceptors (Lipinski definition) is 7. The molecular weight excluding hydrogens is 450 g/mol. The smallest absolute Gasteiger partial charge is 0.353 e. The van der Waals surface area contributed by atoms with Crippen LogP contribution in [-0.4, -0.2) is 31.2 Å². The molecule has 0 fully saturated rings. The van der Waals surface area contributed by atoms with Crippen molar-refractivity contribution in [2.75, 3.05) is 18.5 Å². The molecule has 8 heteroatoms. The molecule has 4 rings (SSSR count). The molecule has 0 unspecified atom stereocenters. The molecule has 172 valence electrons. The van der Waals surface area contributed by atoms with Gasteiger partial charge < -0.3 is 14.8 Å². The van der Waals surface area contributed by atoms with Gasteiger partial charge in [-0.3, -0.25) is 4.79 Å². The van der Waals surface area contributed by atoms with Crippen LogP contribution in [0.2, 0.25) is 0 Å². The first kappa shape index (κ1) is 23.0. The number of rotatable bonds is 9. The first-order valence-corrected chi connectivity index (χ1v) is 11.6. The summed E-state index contributed by atoms with van der Waals surface area (Å²) >= 11 is 1.31. The Labute approximate surface area is 201 Å². The van der Waals surface area contributed by atoms with Gasteiger partial charge in [0.2, 0.25) is 0 Å². The van der Waals surface area contributed by atoms with Gasteiger partial charge in [0.15, 0.2) is 11.5 Å². The van der Waals surface area contributed by atoms with E-state index in [-0.39, 0.29) is 12.5 Å². The van der Waals surface area contributed by atoms with Crippen LogP contribution >= 0.6 is 11.3 Å². The summed E-state index contributed by atoms with van der Waals surface area (Å²) < 4.78 is 11.1. The zero-order valence-corrected chi connectivity index (χ0v) is 19.3. The number of thiophene rings is 1. The molecule has 7 nitrogen and oxygen atoms in total. The van der Waals surface area contributed by atoms with Crippen molar-refractivity contribution in [2.24, 2.45) is 5.10 Å². The molecular formula is C26H23N3O4S. The quantitative estimate of drug-likeness (QED) is 0.153. The standard InChI is InChI=1S/C26H23N3O4S/c1-2-32-23-15-18(12-13-22(23)33-26(31)24-11-6-14-34-24)16-28-29-25(30)17-27-21-10-5-8-19-7-3-4-9-20(19)21/h3-16,27H,2,17H2,1H3,(H,29,30). The van der Waals surface area contributed by atoms with Crippen molar-refractivity contribution in [3.63, 3.8) is 0 Å². The van der Waals surface area contributed by atoms with Crippen molar-refractivity contribution < 1.29 is 19.1 Å². The third kappa shape index (κ3) is 5.79. The van der Waals surface area contributed by atoms with E-state index in [0.717, 1.165) is 16.5 Å². The Bertz CT molecular complexity index is 1310. The molecule has 1 amide bonds. The summed E-state index contributed by atoms with van der Waals surface area (Å²) in [6, 6.07) is 22.4. The number of nitrogens with zero attached hydrogens (tertiary/aromatic N) is 1. The van der Waals surface area contributed by atoms with Crippen LogP contribution in [0, 0.1) is 0 Å². The molecule has 1 heterocycles. The lowest BCUT2D eigenvalue weighted by Gasteiger charge is -2.11. The molecule has 0 radical (unpaired) electrons. The van der Waals surface area contributed by atoms with E-state index in [1.54, 1.807) is 30.3 Å². The first-order valence-electron chi connectivity index (χ1n) is 10.7. The zero-order valence-electron chi connectivity index (χ0n) is 18.5. The number of benzene rings is 3. The molecule has 0 aliphatic heterocycles. The van der Waals surface area contributed by atoms with E-state index in [2.05, 4.69) is 15.8 Å². The Hall–Kier alpha value is -4.17. The lowest BCUT2D eigenvalue weighted by atomic mass is 10.1. The van der Waals surface area contributed by atoms with Gasteiger partial charge in [-0.25, -0.2) is 10.2 Å². The number of fused-ring (bicyclic) bond motifs is 1. The van der Waals surface area contributed by atoms with Crippen molar-refractivity contribution >= 4 is 45.9 Å². The van der Waals surface area contributed by atoms with Crippen LogP contribution in [-0.2, 0) is 4.79 Å². The Morgan fingerprint density at radius 1 is 1.00 bits per heavy atom. The summed E-state index contributed by atoms with van der Waals surface area (Å²) in [4.78, 5) is 25.0. The van der Waals surface area contributed by atoms with Gasteiger partial charge in [0, 0.05) is 11.1 Å². The summed E-state index contributed by atoms with van der Waals surface area (Å²) in [5.74, 6) is 0.0140. The van der Waals surface area contributed by atoms with E-state index in [1.807, 2.05) is 54.8 Å². The van der Waals surface area contributed by atoms with E-state index in [1.165, 1.54) is 17.6 Å². The van der Waals surface area contributed by atoms with Gasteiger partial charge in [-0.15, -0.1) is 11.3 Å². The topological polar surface area (TPSA) is 89.0 Å². The Morgan fingerprint density at radius 2 is 1.85 bits per heavy atom. The molecule has 0 aliphatic carbocycles. The highest BCUT2D eigenvalue weighted by Gasteiger charge is 2.14. The van der Waals surface area contributed by atoms with Crippen LogP contribution in [0.25, 0.3) is 10.8 Å². The van der Waals surface area contributed by atoms with E-state index in [9.17, 15) is 9.59 Å². The third-order valence-electron chi connectivity index (χ3n) is 4.82. The van der Waals surface area contributed by atoms with E-state index in [0.29, 0.717) is 28.5 Å². The molecule has 0 spiro atoms. The fourth-order valence-electron chi connectivity index (χ4n) is 3.28. The highest BCUT2D eigenvalue weighted by molar-refractivity contribution is 7.12. The number of anilines is 1. The van der Waals surface area contributed by atoms with E-state index >= 15 is 0 Å². The molecule has 0 saturated carbocycles. The number of nitrogens with one attached hydrogen (secondary N) is 2. The maximum atomic E-state index is 12.3. The summed E-state index contributed by atoms with van der Waals surface area (Å²) in [5, 5.41) is 11.1. The van der Waals surface area contributed by atoms with Crippen molar-refractivity contribution in [3.8, 4) is 11.5 Å². The van der Waals surface area contributed by atoms with Gasteiger partial charge >= 0.3 is 5.97 Å². The van der Waals surface area contributed by atoms with Gasteiger partial charge in [-0.05, 0) is 53.6 Å². The molecule has 4 aromatic rings. The second-order valence-electron chi connectivity index (χ2n) is 7.18. The lowest BCUT2D eigenvalue weighted by Crippen LogP contribution is -2.25. The van der Waals surface area contributed by atoms with Gasteiger partial charge in [0.25, 0.3) is 5.91 Å². The maximum absolute atomic E-state index is 12.3. The van der Waals surface area contributed by atoms with Crippen LogP contribution < -0.4 is 20.2 Å². The first-order chi connectivity index (χ1) is 16.6. The van der Waals surface area contributed by atoms with Crippen molar-refractivity contribution in [2.45, 2.75) is 6.92 Å². The highest BCUT2D eigenvalue weighted by atomic mass is 32.1. The maximum Gasteiger partial charge on any atom is 0.353 e. The van der Waals surface area contributed by atoms with Gasteiger partial charge in [-0.2, -0.15) is 5.10 Å². The molecule has 0 atom stereocenters. The molecule has 1 aromatic heterocycles. The molecule has 3 aromatic carbocycles. The zero-order chi connectivity index (χ0) is 23.8. The summed E-state index contributed by atoms with van der Waals surface area (Å²) in [6.45, 7) is 2.32. The van der Waals surface area contributed by atoms with Crippen LogP contribution in [0.3, 0.4) is 0 Å². The fourth-order valence-corrected chi connectivity index (χ4v) is 3.87. The van der Waals surface area contributed by atoms with Crippen LogP contribution in [0.4, 0.5) is 5.69 Å². The summed E-state index contributed by atoms with van der Waals surface area (Å²) in [5.41, 5.74) is 4.07. The number of hydrazone groups is 1. The normalized spacial score (nSPS) is 10.9. The van der Waals surface area contributed by atoms with Crippen molar-refractivity contribution in [3.05, 3.63) is 88.6 Å². The number of ether oxygens (including phenoxy) is 2. The van der Waals surface area contributed by atoms with E-state index < -0.39 is 5.97 Å². The minimum absolute atomic E-state index is 0.0765. The van der Waals surface area contributed by atoms with Gasteiger partial charge in [0.05, 0.1) is 19.4 Å². The second-order valence-corrected chi connectivity index (χ2v) is 8.13. The van der Waals surface area contributed by atoms with Crippen molar-refractivity contribution in [1.29, 1.82) is 0 Å². The Kier molecular flexibility index (Phi) is 7.52. The number of carbonyl (C=O) groups excluding carboxylic acids is 2. The average Bonchev–Trinajstić information content (AvgIpc) is 3.40. The van der Waals surface area contributed by atoms with Crippen LogP contribution in [0.15, 0.2) is 83.3 Å². The molecule has 0 saturated heterocycles. The average molecular weight is 474 g/mol. The Morgan fingerprint density at radius 3 is 2.68 bits per heavy atom. The van der Waals surface area contributed by atoms with Gasteiger partial charge in [0.1, 0.15) is 4.88 Å². The monoisotopic (exact) mass is 473 g/mol. The number of hydrogen-bond donors (Lipinski definition) is 2. The van der Waals surface area contributed by atoms with Crippen molar-refractivity contribution in [1.82, 2.24) is 5.43 Å². The third-order valence-corrected chi connectivity index (χ3v) is 5.67. The predicted octanol–water partition coefficient (Wildman–Crippen LogP) is 5.08. The minimum atomic E-state index is -0.441. The van der Waals surface area contributed by atoms with E-state index in [4.69, 9.17) is 9.47 Å². The molecule has 34 heavy (non-hydrogen) atoms. The van der Waals surface area contributed by atoms with Crippen LogP contribution in [0.5, 0.6) is 11.5 Å². The predicted molar refractivity (Wildman–Crippen MR) is 135 cm³/mol. The van der Waals surface area contributed by atoms with Crippen LogP contribution in [0.1, 0.15) is 22.2 Å². The number of esters is 1. The summed E-state index contributed by atoms with van der Waals surface area (Å²) in [7, 11) is 0. The molecule has 0 bridgehead atoms. The fraction of sp³-hybridized carbons (Fsp3) is 0.115. The Balaban J connectivity index is 1.35. The number of amides is 1. The summed E-state index contributed by atoms with van der Waals surface area (Å²) in [6.07, 6.45) is 1.50. The largest absolute Gasteiger partial charge is 0.490 e. The lowest BCUT2D eigenvalue weighted by molar-refractivity contribution is -0.119.